The van der Waals surface area contributed by atoms with E-state index in [4.69, 9.17) is 5.11 Å². The van der Waals surface area contributed by atoms with Gasteiger partial charge in [0.15, 0.2) is 0 Å². The molecule has 0 saturated carbocycles. The summed E-state index contributed by atoms with van der Waals surface area (Å²) in [5.74, 6) is -0.624. The van der Waals surface area contributed by atoms with E-state index < -0.39 is 16.8 Å². The molecule has 1 aromatic rings. The van der Waals surface area contributed by atoms with Gasteiger partial charge in [0.25, 0.3) is 0 Å². The normalized spacial score (nSPS) is 15.5. The van der Waals surface area contributed by atoms with Gasteiger partial charge in [0, 0.05) is 26.2 Å². The highest BCUT2D eigenvalue weighted by Crippen LogP contribution is 2.35. The lowest BCUT2D eigenvalue weighted by Gasteiger charge is -2.31. The molecule has 126 valence electrons. The molecule has 0 aliphatic carbocycles. The van der Waals surface area contributed by atoms with Crippen molar-refractivity contribution in [3.05, 3.63) is 16.4 Å². The minimum Gasteiger partial charge on any atom is -0.481 e. The first kappa shape index (κ1) is 16.9. The van der Waals surface area contributed by atoms with Crippen molar-refractivity contribution in [3.63, 3.8) is 0 Å². The average Bonchev–Trinajstić information content (AvgIpc) is 2.55. The molecule has 9 nitrogen and oxygen atoms in total. The van der Waals surface area contributed by atoms with Crippen molar-refractivity contribution in [1.82, 2.24) is 9.97 Å². The molecule has 1 saturated heterocycles. The predicted molar refractivity (Wildman–Crippen MR) is 84.8 cm³/mol. The second kappa shape index (κ2) is 7.21. The lowest BCUT2D eigenvalue weighted by Crippen LogP contribution is -2.37. The number of rotatable bonds is 6. The Bertz CT molecular complexity index is 583. The fourth-order valence-electron chi connectivity index (χ4n) is 2.85. The van der Waals surface area contributed by atoms with Gasteiger partial charge < -0.3 is 14.9 Å². The standard InChI is InChI=1S/C14H21N5O4/c1-3-17(4-2)12-11(19(22)23)13(16-9-15-12)18-7-5-10(6-8-18)14(20)21/h9-10H,3-8H2,1-2H3,(H,20,21). The van der Waals surface area contributed by atoms with Crippen LogP contribution in [0.25, 0.3) is 0 Å². The van der Waals surface area contributed by atoms with Crippen LogP contribution in [0, 0.1) is 16.0 Å². The first-order chi connectivity index (χ1) is 11.0. The van der Waals surface area contributed by atoms with Crippen LogP contribution < -0.4 is 9.80 Å². The topological polar surface area (TPSA) is 113 Å². The van der Waals surface area contributed by atoms with E-state index in [-0.39, 0.29) is 11.5 Å². The molecule has 1 N–H and O–H groups in total. The van der Waals surface area contributed by atoms with Crippen LogP contribution in [-0.4, -0.2) is 52.1 Å². The minimum absolute atomic E-state index is 0.107. The van der Waals surface area contributed by atoms with Gasteiger partial charge in [0.2, 0.25) is 11.6 Å². The van der Waals surface area contributed by atoms with Crippen molar-refractivity contribution >= 4 is 23.3 Å². The first-order valence-corrected chi connectivity index (χ1v) is 7.71. The fourth-order valence-corrected chi connectivity index (χ4v) is 2.85. The van der Waals surface area contributed by atoms with E-state index in [2.05, 4.69) is 9.97 Å². The van der Waals surface area contributed by atoms with Gasteiger partial charge in [-0.25, -0.2) is 9.97 Å². The van der Waals surface area contributed by atoms with Crippen molar-refractivity contribution in [2.24, 2.45) is 5.92 Å². The lowest BCUT2D eigenvalue weighted by molar-refractivity contribution is -0.383. The third kappa shape index (κ3) is 3.49. The molecule has 1 aliphatic rings. The molecule has 1 aromatic heterocycles. The smallest absolute Gasteiger partial charge is 0.353 e. The summed E-state index contributed by atoms with van der Waals surface area (Å²) in [5.41, 5.74) is -0.107. The molecule has 2 rings (SSSR count). The predicted octanol–water partition coefficient (Wildman–Crippen LogP) is 1.53. The van der Waals surface area contributed by atoms with Crippen LogP contribution in [0.5, 0.6) is 0 Å². The molecule has 0 spiro atoms. The van der Waals surface area contributed by atoms with Crippen LogP contribution in [-0.2, 0) is 4.79 Å². The molecule has 0 amide bonds. The van der Waals surface area contributed by atoms with E-state index in [0.29, 0.717) is 44.8 Å². The summed E-state index contributed by atoms with van der Waals surface area (Å²) >= 11 is 0. The number of carboxylic acids is 1. The minimum atomic E-state index is -0.814. The fraction of sp³-hybridized carbons (Fsp3) is 0.643. The Morgan fingerprint density at radius 2 is 2.00 bits per heavy atom. The van der Waals surface area contributed by atoms with E-state index >= 15 is 0 Å². The Hall–Kier alpha value is -2.45. The summed E-state index contributed by atoms with van der Waals surface area (Å²) in [6.07, 6.45) is 2.24. The van der Waals surface area contributed by atoms with Crippen molar-refractivity contribution in [2.45, 2.75) is 26.7 Å². The molecule has 23 heavy (non-hydrogen) atoms. The molecule has 1 fully saturated rings. The van der Waals surface area contributed by atoms with Crippen molar-refractivity contribution in [3.8, 4) is 0 Å². The van der Waals surface area contributed by atoms with Gasteiger partial charge in [0.1, 0.15) is 6.33 Å². The molecule has 2 heterocycles. The third-order valence-corrected chi connectivity index (χ3v) is 4.17. The van der Waals surface area contributed by atoms with Crippen molar-refractivity contribution in [1.29, 1.82) is 0 Å². The van der Waals surface area contributed by atoms with Gasteiger partial charge in [0.05, 0.1) is 10.8 Å². The Labute approximate surface area is 134 Å². The number of hydrogen-bond acceptors (Lipinski definition) is 7. The number of piperidine rings is 1. The van der Waals surface area contributed by atoms with Crippen molar-refractivity contribution < 1.29 is 14.8 Å². The monoisotopic (exact) mass is 323 g/mol. The maximum absolute atomic E-state index is 11.6. The highest BCUT2D eigenvalue weighted by Gasteiger charge is 2.32. The van der Waals surface area contributed by atoms with Gasteiger partial charge in [-0.1, -0.05) is 0 Å². The zero-order valence-corrected chi connectivity index (χ0v) is 13.3. The summed E-state index contributed by atoms with van der Waals surface area (Å²) < 4.78 is 0. The van der Waals surface area contributed by atoms with E-state index in [1.165, 1.54) is 6.33 Å². The summed E-state index contributed by atoms with van der Waals surface area (Å²) in [6.45, 7) is 5.91. The van der Waals surface area contributed by atoms with Crippen LogP contribution in [0.1, 0.15) is 26.7 Å². The van der Waals surface area contributed by atoms with E-state index in [1.54, 1.807) is 4.90 Å². The largest absolute Gasteiger partial charge is 0.481 e. The van der Waals surface area contributed by atoms with E-state index in [1.807, 2.05) is 18.7 Å². The van der Waals surface area contributed by atoms with Crippen LogP contribution in [0.15, 0.2) is 6.33 Å². The Kier molecular flexibility index (Phi) is 5.30. The number of carbonyl (C=O) groups is 1. The Balaban J connectivity index is 2.34. The first-order valence-electron chi connectivity index (χ1n) is 7.71. The number of aromatic nitrogens is 2. The molecule has 0 radical (unpaired) electrons. The zero-order valence-electron chi connectivity index (χ0n) is 13.3. The molecular formula is C14H21N5O4. The Morgan fingerprint density at radius 1 is 1.39 bits per heavy atom. The SMILES string of the molecule is CCN(CC)c1ncnc(N2CCC(C(=O)O)CC2)c1[N+](=O)[O-]. The zero-order chi connectivity index (χ0) is 17.0. The molecule has 9 heteroatoms. The van der Waals surface area contributed by atoms with Gasteiger partial charge in [-0.05, 0) is 26.7 Å². The second-order valence-electron chi connectivity index (χ2n) is 5.40. The van der Waals surface area contributed by atoms with Gasteiger partial charge in [-0.3, -0.25) is 14.9 Å². The number of hydrogen-bond donors (Lipinski definition) is 1. The van der Waals surface area contributed by atoms with Crippen LogP contribution >= 0.6 is 0 Å². The maximum Gasteiger partial charge on any atom is 0.353 e. The van der Waals surface area contributed by atoms with Gasteiger partial charge >= 0.3 is 11.7 Å². The maximum atomic E-state index is 11.6. The number of carboxylic acid groups (broad SMARTS) is 1. The number of nitrogens with zero attached hydrogens (tertiary/aromatic N) is 5. The van der Waals surface area contributed by atoms with E-state index in [9.17, 15) is 14.9 Å². The number of anilines is 2. The number of nitro groups is 1. The molecule has 0 unspecified atom stereocenters. The third-order valence-electron chi connectivity index (χ3n) is 4.17. The highest BCUT2D eigenvalue weighted by atomic mass is 16.6. The molecule has 0 bridgehead atoms. The molecule has 1 aliphatic heterocycles. The van der Waals surface area contributed by atoms with Crippen molar-refractivity contribution in [2.75, 3.05) is 36.0 Å². The average molecular weight is 323 g/mol. The van der Waals surface area contributed by atoms with Gasteiger partial charge in [-0.15, -0.1) is 0 Å². The summed E-state index contributed by atoms with van der Waals surface area (Å²) in [7, 11) is 0. The summed E-state index contributed by atoms with van der Waals surface area (Å²) in [5, 5.41) is 20.6. The van der Waals surface area contributed by atoms with Crippen LogP contribution in [0.4, 0.5) is 17.3 Å². The Morgan fingerprint density at radius 3 is 2.48 bits per heavy atom. The van der Waals surface area contributed by atoms with Crippen LogP contribution in [0.2, 0.25) is 0 Å². The van der Waals surface area contributed by atoms with Gasteiger partial charge in [-0.2, -0.15) is 0 Å². The number of aliphatic carboxylic acids is 1. The van der Waals surface area contributed by atoms with E-state index in [0.717, 1.165) is 0 Å². The highest BCUT2D eigenvalue weighted by molar-refractivity contribution is 5.73. The molecular weight excluding hydrogens is 302 g/mol. The molecule has 0 atom stereocenters. The summed E-state index contributed by atoms with van der Waals surface area (Å²) in [4.78, 5) is 33.9. The lowest BCUT2D eigenvalue weighted by atomic mass is 9.97. The molecule has 0 aromatic carbocycles. The quantitative estimate of drug-likeness (QED) is 0.619. The summed E-state index contributed by atoms with van der Waals surface area (Å²) in [6, 6.07) is 0. The second-order valence-corrected chi connectivity index (χ2v) is 5.40. The van der Waals surface area contributed by atoms with Crippen LogP contribution in [0.3, 0.4) is 0 Å².